The lowest BCUT2D eigenvalue weighted by molar-refractivity contribution is -0.000868. The molecule has 2 nitrogen and oxygen atoms in total. The molecule has 2 heterocycles. The number of benzene rings is 1. The zero-order valence-electron chi connectivity index (χ0n) is 11.2. The minimum Gasteiger partial charge on any atom is -0.351 e. The molecule has 20 heavy (non-hydrogen) atoms. The van der Waals surface area contributed by atoms with Gasteiger partial charge < -0.3 is 9.88 Å². The predicted molar refractivity (Wildman–Crippen MR) is 74.9 cm³/mol. The van der Waals surface area contributed by atoms with E-state index in [1.54, 1.807) is 0 Å². The molecule has 106 valence electrons. The number of fused-ring (bicyclic) bond motifs is 2. The van der Waals surface area contributed by atoms with Crippen molar-refractivity contribution in [3.8, 4) is 0 Å². The number of nitrogens with one attached hydrogen (secondary N) is 1. The standard InChI is InChI=1S/C16H18F2N2/c17-16(18)5-13-7-19-15(14(13)6-16)10-20-8-11-3-1-2-4-12(11)9-20/h1-4,8-9,13-15,19H,5-7,10H2/t13-,14-,15+/m0/s1. The van der Waals surface area contributed by atoms with Crippen LogP contribution >= 0.6 is 0 Å². The first kappa shape index (κ1) is 12.3. The highest BCUT2D eigenvalue weighted by molar-refractivity contribution is 5.82. The number of alkyl halides is 2. The first-order chi connectivity index (χ1) is 9.61. The van der Waals surface area contributed by atoms with Gasteiger partial charge in [0.05, 0.1) is 0 Å². The van der Waals surface area contributed by atoms with Crippen molar-refractivity contribution in [2.45, 2.75) is 31.4 Å². The molecule has 1 N–H and O–H groups in total. The summed E-state index contributed by atoms with van der Waals surface area (Å²) in [5.74, 6) is -2.17. The number of halogens is 2. The SMILES string of the molecule is FC1(F)C[C@H]2CN[C@H](Cn3cc4ccccc4c3)[C@H]2C1. The summed E-state index contributed by atoms with van der Waals surface area (Å²) >= 11 is 0. The molecule has 1 aromatic carbocycles. The summed E-state index contributed by atoms with van der Waals surface area (Å²) in [4.78, 5) is 0. The zero-order chi connectivity index (χ0) is 13.7. The van der Waals surface area contributed by atoms with Crippen LogP contribution in [0.25, 0.3) is 10.8 Å². The van der Waals surface area contributed by atoms with E-state index in [9.17, 15) is 8.78 Å². The summed E-state index contributed by atoms with van der Waals surface area (Å²) in [6.07, 6.45) is 4.33. The van der Waals surface area contributed by atoms with Gasteiger partial charge >= 0.3 is 0 Å². The van der Waals surface area contributed by atoms with Gasteiger partial charge in [-0.3, -0.25) is 0 Å². The molecule has 0 bridgehead atoms. The molecule has 0 unspecified atom stereocenters. The number of nitrogens with zero attached hydrogens (tertiary/aromatic N) is 1. The van der Waals surface area contributed by atoms with Gasteiger partial charge in [0.2, 0.25) is 5.92 Å². The second kappa shape index (κ2) is 4.29. The first-order valence-electron chi connectivity index (χ1n) is 7.26. The van der Waals surface area contributed by atoms with Gasteiger partial charge in [0.25, 0.3) is 0 Å². The highest BCUT2D eigenvalue weighted by Gasteiger charge is 2.51. The molecule has 0 amide bonds. The van der Waals surface area contributed by atoms with Crippen molar-refractivity contribution in [2.24, 2.45) is 11.8 Å². The molecular weight excluding hydrogens is 258 g/mol. The fourth-order valence-corrected chi connectivity index (χ4v) is 3.95. The Labute approximate surface area is 116 Å². The van der Waals surface area contributed by atoms with E-state index in [0.29, 0.717) is 0 Å². The van der Waals surface area contributed by atoms with E-state index in [4.69, 9.17) is 0 Å². The van der Waals surface area contributed by atoms with Crippen LogP contribution in [0, 0.1) is 11.8 Å². The number of hydrogen-bond acceptors (Lipinski definition) is 1. The van der Waals surface area contributed by atoms with Crippen molar-refractivity contribution in [2.75, 3.05) is 6.54 Å². The lowest BCUT2D eigenvalue weighted by Gasteiger charge is -2.19. The molecule has 2 aliphatic rings. The van der Waals surface area contributed by atoms with E-state index in [-0.39, 0.29) is 30.7 Å². The largest absolute Gasteiger partial charge is 0.351 e. The topological polar surface area (TPSA) is 17.0 Å². The van der Waals surface area contributed by atoms with Gasteiger partial charge in [-0.15, -0.1) is 0 Å². The maximum atomic E-state index is 13.5. The monoisotopic (exact) mass is 276 g/mol. The molecule has 0 spiro atoms. The van der Waals surface area contributed by atoms with Crippen LogP contribution < -0.4 is 5.32 Å². The van der Waals surface area contributed by atoms with Crippen LogP contribution in [0.4, 0.5) is 8.78 Å². The predicted octanol–water partition coefficient (Wildman–Crippen LogP) is 3.27. The van der Waals surface area contributed by atoms with Crippen LogP contribution in [0.5, 0.6) is 0 Å². The second-order valence-corrected chi connectivity index (χ2v) is 6.29. The third kappa shape index (κ3) is 2.03. The Kier molecular flexibility index (Phi) is 2.64. The fourth-order valence-electron chi connectivity index (χ4n) is 3.95. The Morgan fingerprint density at radius 3 is 2.55 bits per heavy atom. The molecule has 4 heteroatoms. The Morgan fingerprint density at radius 2 is 1.85 bits per heavy atom. The summed E-state index contributed by atoms with van der Waals surface area (Å²) in [7, 11) is 0. The van der Waals surface area contributed by atoms with E-state index >= 15 is 0 Å². The molecule has 1 saturated heterocycles. The van der Waals surface area contributed by atoms with E-state index in [0.717, 1.165) is 13.1 Å². The molecule has 0 radical (unpaired) electrons. The van der Waals surface area contributed by atoms with Crippen molar-refractivity contribution in [3.05, 3.63) is 36.7 Å². The lowest BCUT2D eigenvalue weighted by Crippen LogP contribution is -2.33. The van der Waals surface area contributed by atoms with Gasteiger partial charge in [-0.25, -0.2) is 8.78 Å². The molecule has 3 atom stereocenters. The highest BCUT2D eigenvalue weighted by Crippen LogP contribution is 2.47. The third-order valence-electron chi connectivity index (χ3n) is 4.87. The number of rotatable bonds is 2. The van der Waals surface area contributed by atoms with Gasteiger partial charge in [-0.2, -0.15) is 0 Å². The molecule has 2 fully saturated rings. The zero-order valence-corrected chi connectivity index (χ0v) is 11.2. The van der Waals surface area contributed by atoms with Gasteiger partial charge in [0.15, 0.2) is 0 Å². The van der Waals surface area contributed by atoms with Gasteiger partial charge in [-0.05, 0) is 29.2 Å². The molecule has 4 rings (SSSR count). The van der Waals surface area contributed by atoms with Gasteiger partial charge in [0.1, 0.15) is 0 Å². The van der Waals surface area contributed by atoms with Gasteiger partial charge in [0, 0.05) is 37.8 Å². The number of hydrogen-bond donors (Lipinski definition) is 1. The van der Waals surface area contributed by atoms with Crippen LogP contribution in [0.2, 0.25) is 0 Å². The molecule has 2 aromatic rings. The minimum absolute atomic E-state index is 0.0517. The van der Waals surface area contributed by atoms with E-state index in [1.165, 1.54) is 10.8 Å². The molecular formula is C16H18F2N2. The summed E-state index contributed by atoms with van der Waals surface area (Å²) in [6.45, 7) is 1.53. The molecule has 1 saturated carbocycles. The second-order valence-electron chi connectivity index (χ2n) is 6.29. The van der Waals surface area contributed by atoms with Crippen LogP contribution in [0.3, 0.4) is 0 Å². The Balaban J connectivity index is 1.54. The van der Waals surface area contributed by atoms with Crippen molar-refractivity contribution in [1.82, 2.24) is 9.88 Å². The van der Waals surface area contributed by atoms with Crippen LogP contribution in [-0.2, 0) is 6.54 Å². The lowest BCUT2D eigenvalue weighted by atomic mass is 9.94. The Hall–Kier alpha value is -1.42. The van der Waals surface area contributed by atoms with Crippen molar-refractivity contribution >= 4 is 10.8 Å². The van der Waals surface area contributed by atoms with Crippen molar-refractivity contribution in [1.29, 1.82) is 0 Å². The van der Waals surface area contributed by atoms with E-state index in [1.807, 2.05) is 12.1 Å². The Bertz CT molecular complexity index is 601. The maximum Gasteiger partial charge on any atom is 0.248 e. The quantitative estimate of drug-likeness (QED) is 0.890. The van der Waals surface area contributed by atoms with E-state index < -0.39 is 5.92 Å². The Morgan fingerprint density at radius 1 is 1.15 bits per heavy atom. The summed E-state index contributed by atoms with van der Waals surface area (Å²) in [5.41, 5.74) is 0. The third-order valence-corrected chi connectivity index (χ3v) is 4.87. The molecule has 1 aromatic heterocycles. The minimum atomic E-state index is -2.45. The van der Waals surface area contributed by atoms with Crippen molar-refractivity contribution in [3.63, 3.8) is 0 Å². The summed E-state index contributed by atoms with van der Waals surface area (Å²) in [6, 6.07) is 8.39. The smallest absolute Gasteiger partial charge is 0.248 e. The summed E-state index contributed by atoms with van der Waals surface area (Å²) in [5, 5.41) is 5.85. The average Bonchev–Trinajstić information content (AvgIpc) is 3.02. The number of aromatic nitrogens is 1. The van der Waals surface area contributed by atoms with Crippen LogP contribution in [0.15, 0.2) is 36.7 Å². The van der Waals surface area contributed by atoms with E-state index in [2.05, 4.69) is 34.4 Å². The average molecular weight is 276 g/mol. The van der Waals surface area contributed by atoms with Gasteiger partial charge in [-0.1, -0.05) is 24.3 Å². The molecule has 1 aliphatic carbocycles. The van der Waals surface area contributed by atoms with Crippen LogP contribution in [-0.4, -0.2) is 23.1 Å². The van der Waals surface area contributed by atoms with Crippen molar-refractivity contribution < 1.29 is 8.78 Å². The molecule has 1 aliphatic heterocycles. The summed E-state index contributed by atoms with van der Waals surface area (Å²) < 4.78 is 29.2. The fraction of sp³-hybridized carbons (Fsp3) is 0.500. The highest BCUT2D eigenvalue weighted by atomic mass is 19.3. The van der Waals surface area contributed by atoms with Crippen LogP contribution in [0.1, 0.15) is 12.8 Å². The maximum absolute atomic E-state index is 13.5. The first-order valence-corrected chi connectivity index (χ1v) is 7.26. The normalized spacial score (nSPS) is 31.8.